The van der Waals surface area contributed by atoms with Gasteiger partial charge in [0.15, 0.2) is 5.82 Å². The highest BCUT2D eigenvalue weighted by Crippen LogP contribution is 2.36. The van der Waals surface area contributed by atoms with Crippen molar-refractivity contribution in [1.82, 2.24) is 19.5 Å². The van der Waals surface area contributed by atoms with Gasteiger partial charge in [0.05, 0.1) is 0 Å². The molecule has 2 atom stereocenters. The average molecular weight is 338 g/mol. The molecule has 7 heteroatoms. The van der Waals surface area contributed by atoms with Crippen LogP contribution in [0.4, 0.5) is 11.6 Å². The van der Waals surface area contributed by atoms with Crippen molar-refractivity contribution in [2.75, 3.05) is 36.0 Å². The Morgan fingerprint density at radius 3 is 2.40 bits per heavy atom. The molecule has 0 aromatic carbocycles. The lowest BCUT2D eigenvalue weighted by atomic mass is 10.0. The van der Waals surface area contributed by atoms with Gasteiger partial charge in [-0.05, 0) is 19.8 Å². The fraction of sp³-hybridized carbons (Fsp3) is 0.556. The van der Waals surface area contributed by atoms with Gasteiger partial charge in [-0.15, -0.1) is 0 Å². The van der Waals surface area contributed by atoms with Gasteiger partial charge in [-0.1, -0.05) is 0 Å². The maximum absolute atomic E-state index is 12.7. The fourth-order valence-corrected chi connectivity index (χ4v) is 4.24. The summed E-state index contributed by atoms with van der Waals surface area (Å²) in [7, 11) is 0. The van der Waals surface area contributed by atoms with E-state index < -0.39 is 0 Å². The van der Waals surface area contributed by atoms with E-state index in [2.05, 4.69) is 24.8 Å². The summed E-state index contributed by atoms with van der Waals surface area (Å²) in [6, 6.07) is 2.44. The maximum atomic E-state index is 12.7. The van der Waals surface area contributed by atoms with Gasteiger partial charge in [-0.3, -0.25) is 4.79 Å². The minimum absolute atomic E-state index is 0.0771. The highest BCUT2D eigenvalue weighted by Gasteiger charge is 2.41. The zero-order valence-corrected chi connectivity index (χ0v) is 14.4. The molecule has 0 bridgehead atoms. The molecule has 0 N–H and O–H groups in total. The molecule has 0 amide bonds. The molecule has 130 valence electrons. The Hall–Kier alpha value is -2.44. The minimum Gasteiger partial charge on any atom is -0.356 e. The Bertz CT molecular complexity index is 847. The van der Waals surface area contributed by atoms with Crippen molar-refractivity contribution in [3.05, 3.63) is 40.8 Å². The smallest absolute Gasteiger partial charge is 0.293 e. The second kappa shape index (κ2) is 5.54. The van der Waals surface area contributed by atoms with Crippen molar-refractivity contribution in [3.8, 4) is 0 Å². The Kier molecular flexibility index (Phi) is 3.29. The molecule has 7 nitrogen and oxygen atoms in total. The molecular weight excluding hydrogens is 316 g/mol. The van der Waals surface area contributed by atoms with Crippen LogP contribution in [0.2, 0.25) is 0 Å². The highest BCUT2D eigenvalue weighted by molar-refractivity contribution is 5.44. The van der Waals surface area contributed by atoms with Crippen molar-refractivity contribution < 1.29 is 0 Å². The Labute approximate surface area is 146 Å². The van der Waals surface area contributed by atoms with Crippen molar-refractivity contribution in [2.45, 2.75) is 25.8 Å². The van der Waals surface area contributed by atoms with E-state index in [1.807, 2.05) is 23.8 Å². The van der Waals surface area contributed by atoms with Crippen LogP contribution in [0.25, 0.3) is 0 Å². The molecule has 1 saturated carbocycles. The van der Waals surface area contributed by atoms with Crippen LogP contribution >= 0.6 is 0 Å². The Morgan fingerprint density at radius 1 is 1.00 bits per heavy atom. The Morgan fingerprint density at radius 2 is 1.72 bits per heavy atom. The quantitative estimate of drug-likeness (QED) is 0.839. The first kappa shape index (κ1) is 14.9. The van der Waals surface area contributed by atoms with Crippen LogP contribution in [-0.2, 0) is 0 Å². The normalized spacial score (nSPS) is 25.5. The minimum atomic E-state index is 0.0771. The van der Waals surface area contributed by atoms with E-state index in [9.17, 15) is 4.79 Å². The molecule has 3 aliphatic rings. The summed E-state index contributed by atoms with van der Waals surface area (Å²) in [4.78, 5) is 30.3. The number of hydrogen-bond acceptors (Lipinski definition) is 6. The van der Waals surface area contributed by atoms with Crippen molar-refractivity contribution >= 4 is 11.6 Å². The van der Waals surface area contributed by atoms with Gasteiger partial charge >= 0.3 is 0 Å². The molecule has 0 radical (unpaired) electrons. The molecular formula is C18H22N6O. The Balaban J connectivity index is 1.33. The van der Waals surface area contributed by atoms with Gasteiger partial charge in [0.1, 0.15) is 12.1 Å². The summed E-state index contributed by atoms with van der Waals surface area (Å²) < 4.78 is 1.87. The topological polar surface area (TPSA) is 67.2 Å². The fourth-order valence-electron chi connectivity index (χ4n) is 4.24. The molecule has 1 aliphatic carbocycles. The van der Waals surface area contributed by atoms with Crippen LogP contribution in [-0.4, -0.2) is 45.7 Å². The lowest BCUT2D eigenvalue weighted by Gasteiger charge is -2.23. The molecule has 2 unspecified atom stereocenters. The van der Waals surface area contributed by atoms with Crippen LogP contribution in [0, 0.1) is 18.8 Å². The summed E-state index contributed by atoms with van der Waals surface area (Å²) in [5.74, 6) is 2.77. The number of aryl methyl sites for hydroxylation is 1. The molecule has 25 heavy (non-hydrogen) atoms. The number of nitrogens with zero attached hydrogens (tertiary/aromatic N) is 6. The summed E-state index contributed by atoms with van der Waals surface area (Å²) in [5.41, 5.74) is 1.08. The van der Waals surface area contributed by atoms with Gasteiger partial charge in [0.2, 0.25) is 0 Å². The largest absolute Gasteiger partial charge is 0.356 e. The van der Waals surface area contributed by atoms with Gasteiger partial charge in [0.25, 0.3) is 5.56 Å². The van der Waals surface area contributed by atoms with Crippen LogP contribution in [0.1, 0.15) is 24.6 Å². The first-order valence-electron chi connectivity index (χ1n) is 9.05. The van der Waals surface area contributed by atoms with Crippen LogP contribution in [0.5, 0.6) is 0 Å². The second-order valence-corrected chi connectivity index (χ2v) is 7.54. The van der Waals surface area contributed by atoms with Crippen LogP contribution in [0.3, 0.4) is 0 Å². The predicted molar refractivity (Wildman–Crippen MR) is 94.9 cm³/mol. The lowest BCUT2D eigenvalue weighted by molar-refractivity contribution is 0.533. The van der Waals surface area contributed by atoms with E-state index in [1.54, 1.807) is 12.5 Å². The molecule has 2 aliphatic heterocycles. The zero-order chi connectivity index (χ0) is 17.0. The van der Waals surface area contributed by atoms with Gasteiger partial charge < -0.3 is 14.4 Å². The first-order chi connectivity index (χ1) is 12.2. The molecule has 2 aromatic heterocycles. The monoisotopic (exact) mass is 338 g/mol. The van der Waals surface area contributed by atoms with Crippen molar-refractivity contribution in [3.63, 3.8) is 0 Å². The van der Waals surface area contributed by atoms with E-state index in [1.165, 1.54) is 0 Å². The summed E-state index contributed by atoms with van der Waals surface area (Å²) >= 11 is 0. The lowest BCUT2D eigenvalue weighted by Crippen LogP contribution is -2.34. The number of hydrogen-bond donors (Lipinski definition) is 0. The summed E-state index contributed by atoms with van der Waals surface area (Å²) in [5, 5.41) is 0. The third-order valence-corrected chi connectivity index (χ3v) is 5.69. The first-order valence-corrected chi connectivity index (χ1v) is 9.05. The number of rotatable bonds is 3. The van der Waals surface area contributed by atoms with Gasteiger partial charge in [0, 0.05) is 68.2 Å². The van der Waals surface area contributed by atoms with E-state index >= 15 is 0 Å². The summed E-state index contributed by atoms with van der Waals surface area (Å²) in [6.07, 6.45) is 7.47. The third-order valence-electron chi connectivity index (χ3n) is 5.69. The average Bonchev–Trinajstić information content (AvgIpc) is 3.24. The van der Waals surface area contributed by atoms with Crippen LogP contribution < -0.4 is 15.4 Å². The van der Waals surface area contributed by atoms with Gasteiger partial charge in [-0.2, -0.15) is 0 Å². The van der Waals surface area contributed by atoms with Crippen LogP contribution in [0.15, 0.2) is 29.6 Å². The van der Waals surface area contributed by atoms with Crippen molar-refractivity contribution in [1.29, 1.82) is 0 Å². The van der Waals surface area contributed by atoms with E-state index in [-0.39, 0.29) is 5.56 Å². The van der Waals surface area contributed by atoms with E-state index in [0.29, 0.717) is 23.7 Å². The van der Waals surface area contributed by atoms with Gasteiger partial charge in [-0.25, -0.2) is 15.0 Å². The zero-order valence-electron chi connectivity index (χ0n) is 14.4. The molecule has 2 aromatic rings. The molecule has 3 fully saturated rings. The number of fused-ring (bicyclic) bond motifs is 1. The molecule has 0 spiro atoms. The number of aromatic nitrogens is 4. The SMILES string of the molecule is Cc1cc(N2CC3CN(c4nccn(C5CC5)c4=O)CC3C2)ncn1. The molecule has 2 saturated heterocycles. The summed E-state index contributed by atoms with van der Waals surface area (Å²) in [6.45, 7) is 5.78. The molecule has 5 rings (SSSR count). The van der Waals surface area contributed by atoms with E-state index in [4.69, 9.17) is 0 Å². The second-order valence-electron chi connectivity index (χ2n) is 7.54. The van der Waals surface area contributed by atoms with E-state index in [0.717, 1.165) is 50.5 Å². The highest BCUT2D eigenvalue weighted by atomic mass is 16.1. The molecule has 4 heterocycles. The maximum Gasteiger partial charge on any atom is 0.293 e. The third kappa shape index (κ3) is 2.58. The standard InChI is InChI=1S/C18H22N6O/c1-12-6-16(21-11-20-12)22-7-13-9-23(10-14(13)8-22)17-18(25)24(5-4-19-17)15-2-3-15/h4-6,11,13-15H,2-3,7-10H2,1H3. The predicted octanol–water partition coefficient (Wildman–Crippen LogP) is 1.25. The van der Waals surface area contributed by atoms with Crippen molar-refractivity contribution in [2.24, 2.45) is 11.8 Å². The number of anilines is 2.